The number of rotatable bonds is 3. The minimum Gasteiger partial charge on any atom is -0.463 e. The Morgan fingerprint density at radius 1 is 1.71 bits per heavy atom. The van der Waals surface area contributed by atoms with Gasteiger partial charge in [0.2, 0.25) is 0 Å². The van der Waals surface area contributed by atoms with Gasteiger partial charge < -0.3 is 4.74 Å². The first-order valence-electron chi connectivity index (χ1n) is 4.95. The highest BCUT2D eigenvalue weighted by atomic mass is 35.5. The van der Waals surface area contributed by atoms with Gasteiger partial charge in [-0.25, -0.2) is 4.79 Å². The number of halogens is 1. The predicted molar refractivity (Wildman–Crippen MR) is 54.9 cm³/mol. The van der Waals surface area contributed by atoms with Crippen LogP contribution >= 0.6 is 11.6 Å². The van der Waals surface area contributed by atoms with Crippen LogP contribution in [0.15, 0.2) is 22.8 Å². The lowest BCUT2D eigenvalue weighted by atomic mass is 10.2. The van der Waals surface area contributed by atoms with Crippen molar-refractivity contribution < 1.29 is 9.53 Å². The van der Waals surface area contributed by atoms with Crippen LogP contribution in [0.2, 0.25) is 0 Å². The van der Waals surface area contributed by atoms with Crippen LogP contribution in [0.25, 0.3) is 0 Å². The van der Waals surface area contributed by atoms with E-state index < -0.39 is 0 Å². The molecule has 0 N–H and O–H groups in total. The minimum atomic E-state index is -0.284. The van der Waals surface area contributed by atoms with E-state index in [2.05, 4.69) is 0 Å². The maximum absolute atomic E-state index is 11.1. The van der Waals surface area contributed by atoms with E-state index >= 15 is 0 Å². The molecule has 1 fully saturated rings. The normalized spacial score (nSPS) is 29.6. The highest BCUT2D eigenvalue weighted by Crippen LogP contribution is 2.56. The molecule has 2 nitrogen and oxygen atoms in total. The van der Waals surface area contributed by atoms with Gasteiger partial charge in [0.1, 0.15) is 0 Å². The molecule has 0 bridgehead atoms. The van der Waals surface area contributed by atoms with Crippen molar-refractivity contribution in [1.82, 2.24) is 0 Å². The standard InChI is InChI=1S/C11H13ClO2/c1-2-14-11(13)4-3-8-9-5-7(9)6-10(8)12/h3-4,7,9H,2,5-6H2,1H3/b4-3+/t7-,9-/m0/s1. The molecular weight excluding hydrogens is 200 g/mol. The highest BCUT2D eigenvalue weighted by molar-refractivity contribution is 6.30. The molecule has 0 heterocycles. The SMILES string of the molecule is CCOC(=O)/C=C/C1=C(Cl)C[C@@H]2C[C@H]12. The van der Waals surface area contributed by atoms with Crippen LogP contribution in [-0.2, 0) is 9.53 Å². The Morgan fingerprint density at radius 2 is 2.50 bits per heavy atom. The number of carbonyl (C=O) groups excluding carboxylic acids is 1. The van der Waals surface area contributed by atoms with Crippen molar-refractivity contribution in [3.8, 4) is 0 Å². The second-order valence-corrected chi connectivity index (χ2v) is 4.21. The summed E-state index contributed by atoms with van der Waals surface area (Å²) in [4.78, 5) is 11.1. The molecule has 0 aromatic heterocycles. The lowest BCUT2D eigenvalue weighted by Gasteiger charge is -1.98. The van der Waals surface area contributed by atoms with E-state index in [1.165, 1.54) is 12.5 Å². The fourth-order valence-corrected chi connectivity index (χ4v) is 2.37. The van der Waals surface area contributed by atoms with Gasteiger partial charge in [-0.05, 0) is 37.2 Å². The number of hydrogen-bond acceptors (Lipinski definition) is 2. The molecule has 76 valence electrons. The molecule has 0 aromatic carbocycles. The number of ether oxygens (including phenoxy) is 1. The molecule has 3 heteroatoms. The van der Waals surface area contributed by atoms with Crippen LogP contribution in [-0.4, -0.2) is 12.6 Å². The molecular formula is C11H13ClO2. The molecule has 0 radical (unpaired) electrons. The molecule has 2 rings (SSSR count). The molecule has 0 aliphatic heterocycles. The van der Waals surface area contributed by atoms with Crippen molar-refractivity contribution in [3.63, 3.8) is 0 Å². The van der Waals surface area contributed by atoms with Gasteiger partial charge in [-0.15, -0.1) is 0 Å². The smallest absolute Gasteiger partial charge is 0.330 e. The zero-order valence-corrected chi connectivity index (χ0v) is 8.88. The monoisotopic (exact) mass is 212 g/mol. The number of hydrogen-bond donors (Lipinski definition) is 0. The number of esters is 1. The fourth-order valence-electron chi connectivity index (χ4n) is 1.97. The Hall–Kier alpha value is -0.760. The summed E-state index contributed by atoms with van der Waals surface area (Å²) in [5.41, 5.74) is 1.14. The van der Waals surface area contributed by atoms with Crippen LogP contribution in [0, 0.1) is 11.8 Å². The van der Waals surface area contributed by atoms with E-state index in [0.29, 0.717) is 12.5 Å². The molecule has 2 aliphatic carbocycles. The summed E-state index contributed by atoms with van der Waals surface area (Å²) in [6, 6.07) is 0. The van der Waals surface area contributed by atoms with Crippen molar-refractivity contribution in [2.45, 2.75) is 19.8 Å². The van der Waals surface area contributed by atoms with Crippen LogP contribution in [0.3, 0.4) is 0 Å². The lowest BCUT2D eigenvalue weighted by molar-refractivity contribution is -0.137. The van der Waals surface area contributed by atoms with Crippen LogP contribution in [0.5, 0.6) is 0 Å². The van der Waals surface area contributed by atoms with E-state index in [9.17, 15) is 4.79 Å². The van der Waals surface area contributed by atoms with Gasteiger partial charge in [0.25, 0.3) is 0 Å². The third-order valence-corrected chi connectivity index (χ3v) is 3.13. The summed E-state index contributed by atoms with van der Waals surface area (Å²) in [5.74, 6) is 1.09. The van der Waals surface area contributed by atoms with E-state index in [1.807, 2.05) is 6.08 Å². The summed E-state index contributed by atoms with van der Waals surface area (Å²) in [7, 11) is 0. The van der Waals surface area contributed by atoms with Crippen molar-refractivity contribution in [2.75, 3.05) is 6.61 Å². The third kappa shape index (κ3) is 1.85. The zero-order chi connectivity index (χ0) is 10.1. The molecule has 2 aliphatic rings. The van der Waals surface area contributed by atoms with Gasteiger partial charge >= 0.3 is 5.97 Å². The summed E-state index contributed by atoms with van der Waals surface area (Å²) < 4.78 is 4.79. The summed E-state index contributed by atoms with van der Waals surface area (Å²) >= 11 is 6.04. The number of allylic oxidation sites excluding steroid dienone is 3. The van der Waals surface area contributed by atoms with E-state index in [1.54, 1.807) is 6.92 Å². The van der Waals surface area contributed by atoms with Gasteiger partial charge in [-0.2, -0.15) is 0 Å². The van der Waals surface area contributed by atoms with Crippen LogP contribution < -0.4 is 0 Å². The maximum Gasteiger partial charge on any atom is 0.330 e. The second-order valence-electron chi connectivity index (χ2n) is 3.75. The molecule has 0 saturated heterocycles. The van der Waals surface area contributed by atoms with Crippen molar-refractivity contribution in [3.05, 3.63) is 22.8 Å². The Bertz CT molecular complexity index is 317. The van der Waals surface area contributed by atoms with E-state index in [4.69, 9.17) is 16.3 Å². The first-order chi connectivity index (χ1) is 6.72. The largest absolute Gasteiger partial charge is 0.463 e. The number of carbonyl (C=O) groups is 1. The average molecular weight is 213 g/mol. The summed E-state index contributed by atoms with van der Waals surface area (Å²) in [6.45, 7) is 2.21. The van der Waals surface area contributed by atoms with Crippen LogP contribution in [0.4, 0.5) is 0 Å². The molecule has 0 aromatic rings. The Balaban J connectivity index is 1.96. The highest BCUT2D eigenvalue weighted by Gasteiger charge is 2.45. The predicted octanol–water partition coefficient (Wildman–Crippen LogP) is 2.64. The van der Waals surface area contributed by atoms with Crippen molar-refractivity contribution >= 4 is 17.6 Å². The van der Waals surface area contributed by atoms with Gasteiger partial charge in [0.05, 0.1) is 6.61 Å². The fraction of sp³-hybridized carbons (Fsp3) is 0.545. The first-order valence-corrected chi connectivity index (χ1v) is 5.33. The molecule has 0 unspecified atom stereocenters. The second kappa shape index (κ2) is 3.77. The van der Waals surface area contributed by atoms with Crippen LogP contribution in [0.1, 0.15) is 19.8 Å². The molecule has 0 amide bonds. The zero-order valence-electron chi connectivity index (χ0n) is 8.13. The molecule has 2 atom stereocenters. The summed E-state index contributed by atoms with van der Waals surface area (Å²) in [5, 5.41) is 0.923. The molecule has 0 spiro atoms. The van der Waals surface area contributed by atoms with Crippen molar-refractivity contribution in [2.24, 2.45) is 11.8 Å². The van der Waals surface area contributed by atoms with Gasteiger partial charge in [0, 0.05) is 11.1 Å². The molecule has 1 saturated carbocycles. The summed E-state index contributed by atoms with van der Waals surface area (Å²) in [6.07, 6.45) is 5.52. The Morgan fingerprint density at radius 3 is 3.07 bits per heavy atom. The average Bonchev–Trinajstić information content (AvgIpc) is 2.79. The lowest BCUT2D eigenvalue weighted by Crippen LogP contribution is -1.99. The Kier molecular flexibility index (Phi) is 2.64. The van der Waals surface area contributed by atoms with Gasteiger partial charge in [0.15, 0.2) is 0 Å². The van der Waals surface area contributed by atoms with E-state index in [0.717, 1.165) is 22.9 Å². The first kappa shape index (κ1) is 9.78. The van der Waals surface area contributed by atoms with Crippen molar-refractivity contribution in [1.29, 1.82) is 0 Å². The number of fused-ring (bicyclic) bond motifs is 1. The Labute approximate surface area is 88.6 Å². The topological polar surface area (TPSA) is 26.3 Å². The van der Waals surface area contributed by atoms with Gasteiger partial charge in [-0.1, -0.05) is 17.7 Å². The molecule has 14 heavy (non-hydrogen) atoms. The van der Waals surface area contributed by atoms with Gasteiger partial charge in [-0.3, -0.25) is 0 Å². The minimum absolute atomic E-state index is 0.284. The third-order valence-electron chi connectivity index (χ3n) is 2.76. The van der Waals surface area contributed by atoms with E-state index in [-0.39, 0.29) is 5.97 Å². The maximum atomic E-state index is 11.1. The quantitative estimate of drug-likeness (QED) is 0.531.